The fourth-order valence-electron chi connectivity index (χ4n) is 2.43. The number of rotatable bonds is 7. The first-order valence-corrected chi connectivity index (χ1v) is 7.60. The number of amides is 1. The van der Waals surface area contributed by atoms with Crippen LogP contribution in [0.25, 0.3) is 0 Å². The van der Waals surface area contributed by atoms with E-state index in [1.165, 1.54) is 23.0 Å². The normalized spacial score (nSPS) is 13.4. The van der Waals surface area contributed by atoms with Gasteiger partial charge in [-0.05, 0) is 18.4 Å². The van der Waals surface area contributed by atoms with Crippen molar-refractivity contribution in [2.45, 2.75) is 32.0 Å². The lowest BCUT2D eigenvalue weighted by Gasteiger charge is -2.22. The number of aromatic carboxylic acids is 1. The summed E-state index contributed by atoms with van der Waals surface area (Å²) in [4.78, 5) is 35.3. The lowest BCUT2D eigenvalue weighted by atomic mass is 10.2. The van der Waals surface area contributed by atoms with Crippen molar-refractivity contribution in [2.75, 3.05) is 0 Å². The van der Waals surface area contributed by atoms with Crippen molar-refractivity contribution in [3.8, 4) is 0 Å². The highest BCUT2D eigenvalue weighted by Crippen LogP contribution is 2.29. The largest absolute Gasteiger partial charge is 0.476 e. The zero-order valence-electron chi connectivity index (χ0n) is 13.1. The molecule has 1 aromatic carbocycles. The molecule has 1 heterocycles. The summed E-state index contributed by atoms with van der Waals surface area (Å²) in [6.45, 7) is 0.228. The third kappa shape index (κ3) is 3.97. The second-order valence-electron chi connectivity index (χ2n) is 5.78. The van der Waals surface area contributed by atoms with E-state index < -0.39 is 10.9 Å². The van der Waals surface area contributed by atoms with Crippen LogP contribution in [0, 0.1) is 10.1 Å². The number of carbonyl (C=O) groups excluding carboxylic acids is 1. The number of carboxylic acid groups (broad SMARTS) is 1. The first-order chi connectivity index (χ1) is 11.9. The van der Waals surface area contributed by atoms with Gasteiger partial charge in [0.15, 0.2) is 5.69 Å². The molecular weight excluding hydrogens is 330 g/mol. The van der Waals surface area contributed by atoms with E-state index in [1.54, 1.807) is 17.0 Å². The fraction of sp³-hybridized carbons (Fsp3) is 0.333. The number of hydrogen-bond acceptors (Lipinski definition) is 6. The van der Waals surface area contributed by atoms with Crippen LogP contribution in [-0.2, 0) is 17.9 Å². The first-order valence-electron chi connectivity index (χ1n) is 7.60. The van der Waals surface area contributed by atoms with E-state index in [0.29, 0.717) is 6.54 Å². The molecule has 0 saturated heterocycles. The molecule has 1 aliphatic carbocycles. The molecule has 130 valence electrons. The zero-order chi connectivity index (χ0) is 18.0. The summed E-state index contributed by atoms with van der Waals surface area (Å²) in [5.74, 6) is -1.41. The smallest absolute Gasteiger partial charge is 0.358 e. The standard InChI is InChI=1S/C15H15N5O5/c21-14(9-18-8-13(15(22)23)16-17-18)19(11-5-6-11)7-10-1-3-12(4-2-10)20(24)25/h1-4,8,11H,5-7,9H2,(H,22,23). The van der Waals surface area contributed by atoms with Gasteiger partial charge in [0.25, 0.3) is 5.69 Å². The Morgan fingerprint density at radius 2 is 2.00 bits per heavy atom. The molecule has 1 aromatic heterocycles. The van der Waals surface area contributed by atoms with Crippen molar-refractivity contribution in [1.29, 1.82) is 0 Å². The molecule has 0 radical (unpaired) electrons. The Kier molecular flexibility index (Phi) is 4.42. The molecule has 1 saturated carbocycles. The van der Waals surface area contributed by atoms with E-state index in [2.05, 4.69) is 10.3 Å². The number of non-ortho nitro benzene ring substituents is 1. The molecule has 25 heavy (non-hydrogen) atoms. The van der Waals surface area contributed by atoms with E-state index in [-0.39, 0.29) is 29.9 Å². The van der Waals surface area contributed by atoms with Crippen molar-refractivity contribution in [2.24, 2.45) is 0 Å². The van der Waals surface area contributed by atoms with E-state index in [9.17, 15) is 19.7 Å². The fourth-order valence-corrected chi connectivity index (χ4v) is 2.43. The van der Waals surface area contributed by atoms with Gasteiger partial charge >= 0.3 is 5.97 Å². The van der Waals surface area contributed by atoms with Gasteiger partial charge in [0.2, 0.25) is 5.91 Å². The minimum atomic E-state index is -1.20. The van der Waals surface area contributed by atoms with Gasteiger partial charge in [0, 0.05) is 24.7 Å². The second-order valence-corrected chi connectivity index (χ2v) is 5.78. The van der Waals surface area contributed by atoms with Crippen LogP contribution in [0.2, 0.25) is 0 Å². The third-order valence-corrected chi connectivity index (χ3v) is 3.86. The summed E-state index contributed by atoms with van der Waals surface area (Å²) in [5.41, 5.74) is 0.564. The van der Waals surface area contributed by atoms with E-state index >= 15 is 0 Å². The number of benzene rings is 1. The van der Waals surface area contributed by atoms with Crippen molar-refractivity contribution in [3.05, 3.63) is 51.8 Å². The Balaban J connectivity index is 1.68. The summed E-state index contributed by atoms with van der Waals surface area (Å²) in [7, 11) is 0. The summed E-state index contributed by atoms with van der Waals surface area (Å²) in [6.07, 6.45) is 3.00. The number of nitro groups is 1. The van der Waals surface area contributed by atoms with E-state index in [1.807, 2.05) is 0 Å². The van der Waals surface area contributed by atoms with Gasteiger partial charge < -0.3 is 10.0 Å². The predicted octanol–water partition coefficient (Wildman–Crippen LogP) is 1.08. The minimum Gasteiger partial charge on any atom is -0.476 e. The predicted molar refractivity (Wildman–Crippen MR) is 83.6 cm³/mol. The molecule has 0 atom stereocenters. The molecule has 1 aliphatic rings. The quantitative estimate of drug-likeness (QED) is 0.586. The van der Waals surface area contributed by atoms with Crippen LogP contribution < -0.4 is 0 Å². The van der Waals surface area contributed by atoms with Crippen LogP contribution >= 0.6 is 0 Å². The minimum absolute atomic E-state index is 0.00290. The Hall–Kier alpha value is -3.30. The summed E-state index contributed by atoms with van der Waals surface area (Å²) < 4.78 is 1.19. The van der Waals surface area contributed by atoms with Crippen LogP contribution in [-0.4, -0.2) is 47.8 Å². The lowest BCUT2D eigenvalue weighted by Crippen LogP contribution is -2.35. The van der Waals surface area contributed by atoms with Gasteiger partial charge in [0.05, 0.1) is 11.1 Å². The van der Waals surface area contributed by atoms with Crippen LogP contribution in [0.1, 0.15) is 28.9 Å². The Labute approximate surface area is 141 Å². The Bertz CT molecular complexity index is 812. The van der Waals surface area contributed by atoms with E-state index in [0.717, 1.165) is 18.4 Å². The van der Waals surface area contributed by atoms with Crippen LogP contribution in [0.3, 0.4) is 0 Å². The number of nitro benzene ring substituents is 1. The molecule has 1 amide bonds. The maximum atomic E-state index is 12.5. The highest BCUT2D eigenvalue weighted by molar-refractivity contribution is 5.84. The number of carbonyl (C=O) groups is 2. The average molecular weight is 345 g/mol. The highest BCUT2D eigenvalue weighted by Gasteiger charge is 2.32. The van der Waals surface area contributed by atoms with Gasteiger partial charge in [-0.15, -0.1) is 5.10 Å². The summed E-state index contributed by atoms with van der Waals surface area (Å²) >= 11 is 0. The first kappa shape index (κ1) is 16.6. The maximum Gasteiger partial charge on any atom is 0.358 e. The van der Waals surface area contributed by atoms with Gasteiger partial charge in [-0.2, -0.15) is 0 Å². The van der Waals surface area contributed by atoms with Crippen LogP contribution in [0.4, 0.5) is 5.69 Å². The SMILES string of the molecule is O=C(O)c1cn(CC(=O)N(Cc2ccc([N+](=O)[O-])cc2)C2CC2)nn1. The van der Waals surface area contributed by atoms with Crippen molar-refractivity contribution < 1.29 is 19.6 Å². The number of aromatic nitrogens is 3. The lowest BCUT2D eigenvalue weighted by molar-refractivity contribution is -0.384. The van der Waals surface area contributed by atoms with Crippen molar-refractivity contribution in [1.82, 2.24) is 19.9 Å². The molecule has 3 rings (SSSR count). The summed E-state index contributed by atoms with van der Waals surface area (Å²) in [6, 6.07) is 6.19. The Morgan fingerprint density at radius 1 is 1.32 bits per heavy atom. The van der Waals surface area contributed by atoms with Gasteiger partial charge in [0.1, 0.15) is 6.54 Å². The molecule has 10 nitrogen and oxygen atoms in total. The molecular formula is C15H15N5O5. The van der Waals surface area contributed by atoms with Crippen molar-refractivity contribution in [3.63, 3.8) is 0 Å². The van der Waals surface area contributed by atoms with E-state index in [4.69, 9.17) is 5.11 Å². The monoisotopic (exact) mass is 345 g/mol. The topological polar surface area (TPSA) is 131 Å². The zero-order valence-corrected chi connectivity index (χ0v) is 13.1. The number of carboxylic acids is 1. The third-order valence-electron chi connectivity index (χ3n) is 3.86. The number of hydrogen-bond donors (Lipinski definition) is 1. The highest BCUT2D eigenvalue weighted by atomic mass is 16.6. The molecule has 1 fully saturated rings. The molecule has 0 spiro atoms. The van der Waals surface area contributed by atoms with Gasteiger partial charge in [-0.1, -0.05) is 17.3 Å². The van der Waals surface area contributed by atoms with Crippen molar-refractivity contribution >= 4 is 17.6 Å². The molecule has 2 aromatic rings. The molecule has 0 bridgehead atoms. The maximum absolute atomic E-state index is 12.5. The van der Waals surface area contributed by atoms with Gasteiger partial charge in [-0.3, -0.25) is 14.9 Å². The molecule has 10 heteroatoms. The number of nitrogens with zero attached hydrogens (tertiary/aromatic N) is 5. The molecule has 1 N–H and O–H groups in total. The summed E-state index contributed by atoms with van der Waals surface area (Å²) in [5, 5.41) is 26.7. The second kappa shape index (κ2) is 6.67. The molecule has 0 unspecified atom stereocenters. The average Bonchev–Trinajstić information content (AvgIpc) is 3.31. The van der Waals surface area contributed by atoms with Crippen LogP contribution in [0.5, 0.6) is 0 Å². The Morgan fingerprint density at radius 3 is 2.52 bits per heavy atom. The van der Waals surface area contributed by atoms with Gasteiger partial charge in [-0.25, -0.2) is 9.48 Å². The molecule has 0 aliphatic heterocycles. The van der Waals surface area contributed by atoms with Crippen LogP contribution in [0.15, 0.2) is 30.5 Å².